The first-order valence-corrected chi connectivity index (χ1v) is 18.9. The third kappa shape index (κ3) is 6.92. The van der Waals surface area contributed by atoms with E-state index in [4.69, 9.17) is 19.9 Å². The SMILES string of the molecule is Cc1ccc(-c2ccccc2-c2nc(-c3ccccc3)nc(-c3ccc(-c4cc(-c5ccccc5)c(-c5ccccc5)c(-c5ccccc5)c4)cc3)n2)c(C)n1. The highest BCUT2D eigenvalue weighted by Gasteiger charge is 2.19. The zero-order valence-electron chi connectivity index (χ0n) is 31.3. The van der Waals surface area contributed by atoms with Gasteiger partial charge in [-0.2, -0.15) is 0 Å². The maximum absolute atomic E-state index is 5.15. The van der Waals surface area contributed by atoms with Crippen molar-refractivity contribution in [1.82, 2.24) is 19.9 Å². The summed E-state index contributed by atoms with van der Waals surface area (Å²) in [5.41, 5.74) is 16.2. The van der Waals surface area contributed by atoms with Crippen molar-refractivity contribution in [1.29, 1.82) is 0 Å². The van der Waals surface area contributed by atoms with E-state index in [0.29, 0.717) is 17.5 Å². The molecule has 0 amide bonds. The Balaban J connectivity index is 1.19. The van der Waals surface area contributed by atoms with Crippen LogP contribution in [0.4, 0.5) is 0 Å². The lowest BCUT2D eigenvalue weighted by Gasteiger charge is -2.19. The van der Waals surface area contributed by atoms with Crippen LogP contribution in [0, 0.1) is 13.8 Å². The number of hydrogen-bond donors (Lipinski definition) is 0. The summed E-state index contributed by atoms with van der Waals surface area (Å²) in [6, 6.07) is 67.9. The second-order valence-electron chi connectivity index (χ2n) is 13.9. The minimum Gasteiger partial charge on any atom is -0.258 e. The highest BCUT2D eigenvalue weighted by Crippen LogP contribution is 2.43. The number of benzene rings is 7. The first kappa shape index (κ1) is 34.5. The van der Waals surface area contributed by atoms with Gasteiger partial charge in [0.2, 0.25) is 0 Å². The van der Waals surface area contributed by atoms with Crippen LogP contribution in [0.15, 0.2) is 194 Å². The lowest BCUT2D eigenvalue weighted by Crippen LogP contribution is -2.01. The van der Waals surface area contributed by atoms with Gasteiger partial charge in [0.15, 0.2) is 17.5 Å². The summed E-state index contributed by atoms with van der Waals surface area (Å²) < 4.78 is 0. The zero-order valence-corrected chi connectivity index (χ0v) is 31.3. The van der Waals surface area contributed by atoms with Crippen molar-refractivity contribution in [3.63, 3.8) is 0 Å². The van der Waals surface area contributed by atoms with E-state index in [1.807, 2.05) is 43.3 Å². The predicted molar refractivity (Wildman–Crippen MR) is 231 cm³/mol. The number of pyridine rings is 1. The molecule has 9 aromatic rings. The van der Waals surface area contributed by atoms with E-state index in [2.05, 4.69) is 165 Å². The number of aromatic nitrogens is 4. The van der Waals surface area contributed by atoms with Crippen LogP contribution in [0.25, 0.3) is 89.8 Å². The van der Waals surface area contributed by atoms with Crippen LogP contribution in [0.3, 0.4) is 0 Å². The molecule has 0 atom stereocenters. The summed E-state index contributed by atoms with van der Waals surface area (Å²) in [4.78, 5) is 20.0. The van der Waals surface area contributed by atoms with Crippen LogP contribution < -0.4 is 0 Å². The van der Waals surface area contributed by atoms with E-state index in [0.717, 1.165) is 50.3 Å². The first-order valence-electron chi connectivity index (χ1n) is 18.9. The van der Waals surface area contributed by atoms with Crippen molar-refractivity contribution < 1.29 is 0 Å². The Morgan fingerprint density at radius 3 is 1.23 bits per heavy atom. The fourth-order valence-corrected chi connectivity index (χ4v) is 7.45. The van der Waals surface area contributed by atoms with E-state index in [1.54, 1.807) is 0 Å². The van der Waals surface area contributed by atoms with Crippen molar-refractivity contribution in [2.45, 2.75) is 13.8 Å². The molecule has 0 aliphatic carbocycles. The third-order valence-corrected chi connectivity index (χ3v) is 10.2. The smallest absolute Gasteiger partial charge is 0.164 e. The fourth-order valence-electron chi connectivity index (χ4n) is 7.45. The largest absolute Gasteiger partial charge is 0.258 e. The van der Waals surface area contributed by atoms with Gasteiger partial charge in [0, 0.05) is 33.6 Å². The summed E-state index contributed by atoms with van der Waals surface area (Å²) in [5, 5.41) is 0. The third-order valence-electron chi connectivity index (χ3n) is 10.2. The Morgan fingerprint density at radius 1 is 0.268 bits per heavy atom. The summed E-state index contributed by atoms with van der Waals surface area (Å²) in [6.07, 6.45) is 0. The van der Waals surface area contributed by atoms with Crippen molar-refractivity contribution in [3.05, 3.63) is 206 Å². The van der Waals surface area contributed by atoms with E-state index in [9.17, 15) is 0 Å². The standard InChI is InChI=1S/C52H38N4/c1-35-27-32-44(36(2)53-35)45-25-15-16-26-46(45)52-55-50(41-23-13-6-14-24-41)54-51(56-52)42-30-28-37(29-31-42)43-33-47(38-17-7-3-8-18-38)49(40-21-11-5-12-22-40)48(34-43)39-19-9-4-10-20-39/h3-34H,1-2H3. The summed E-state index contributed by atoms with van der Waals surface area (Å²) >= 11 is 0. The Bertz CT molecular complexity index is 2720. The van der Waals surface area contributed by atoms with Gasteiger partial charge in [0.1, 0.15) is 0 Å². The molecule has 0 unspecified atom stereocenters. The number of nitrogens with zero attached hydrogens (tertiary/aromatic N) is 4. The van der Waals surface area contributed by atoms with Crippen LogP contribution in [0.5, 0.6) is 0 Å². The monoisotopic (exact) mass is 718 g/mol. The minimum absolute atomic E-state index is 0.614. The quantitative estimate of drug-likeness (QED) is 0.157. The lowest BCUT2D eigenvalue weighted by molar-refractivity contribution is 1.07. The molecule has 2 heterocycles. The van der Waals surface area contributed by atoms with E-state index < -0.39 is 0 Å². The molecule has 0 aliphatic heterocycles. The lowest BCUT2D eigenvalue weighted by atomic mass is 9.84. The van der Waals surface area contributed by atoms with Crippen LogP contribution in [0.2, 0.25) is 0 Å². The van der Waals surface area contributed by atoms with Gasteiger partial charge in [-0.3, -0.25) is 4.98 Å². The van der Waals surface area contributed by atoms with Gasteiger partial charge in [0.25, 0.3) is 0 Å². The molecular formula is C52H38N4. The Hall–Kier alpha value is -7.30. The van der Waals surface area contributed by atoms with Crippen LogP contribution in [-0.4, -0.2) is 19.9 Å². The molecule has 7 aromatic carbocycles. The second kappa shape index (κ2) is 15.2. The van der Waals surface area contributed by atoms with Gasteiger partial charge in [-0.25, -0.2) is 15.0 Å². The number of aryl methyl sites for hydroxylation is 2. The Kier molecular flexibility index (Phi) is 9.36. The topological polar surface area (TPSA) is 51.6 Å². The van der Waals surface area contributed by atoms with Crippen LogP contribution >= 0.6 is 0 Å². The van der Waals surface area contributed by atoms with Gasteiger partial charge in [-0.1, -0.05) is 176 Å². The molecule has 0 spiro atoms. The molecular weight excluding hydrogens is 681 g/mol. The van der Waals surface area contributed by atoms with Gasteiger partial charge in [-0.15, -0.1) is 0 Å². The average molecular weight is 719 g/mol. The summed E-state index contributed by atoms with van der Waals surface area (Å²) in [6.45, 7) is 4.07. The summed E-state index contributed by atoms with van der Waals surface area (Å²) in [5.74, 6) is 1.85. The molecule has 0 saturated heterocycles. The average Bonchev–Trinajstić information content (AvgIpc) is 3.27. The zero-order chi connectivity index (χ0) is 37.8. The summed E-state index contributed by atoms with van der Waals surface area (Å²) in [7, 11) is 0. The molecule has 2 aromatic heterocycles. The van der Waals surface area contributed by atoms with Gasteiger partial charge < -0.3 is 0 Å². The molecule has 4 heteroatoms. The minimum atomic E-state index is 0.614. The Labute approximate surface area is 327 Å². The van der Waals surface area contributed by atoms with Gasteiger partial charge >= 0.3 is 0 Å². The fraction of sp³-hybridized carbons (Fsp3) is 0.0385. The molecule has 0 N–H and O–H groups in total. The first-order chi connectivity index (χ1) is 27.6. The molecule has 0 aliphatic rings. The van der Waals surface area contributed by atoms with Gasteiger partial charge in [-0.05, 0) is 82.1 Å². The normalized spacial score (nSPS) is 11.0. The predicted octanol–water partition coefficient (Wildman–Crippen LogP) is 13.2. The van der Waals surface area contributed by atoms with E-state index in [1.165, 1.54) is 33.4 Å². The molecule has 0 saturated carbocycles. The molecule has 0 bridgehead atoms. The van der Waals surface area contributed by atoms with Crippen LogP contribution in [-0.2, 0) is 0 Å². The van der Waals surface area contributed by atoms with Crippen molar-refractivity contribution in [2.75, 3.05) is 0 Å². The maximum Gasteiger partial charge on any atom is 0.164 e. The Morgan fingerprint density at radius 2 is 0.696 bits per heavy atom. The maximum atomic E-state index is 5.15. The van der Waals surface area contributed by atoms with Crippen molar-refractivity contribution >= 4 is 0 Å². The molecule has 0 fully saturated rings. The molecule has 56 heavy (non-hydrogen) atoms. The van der Waals surface area contributed by atoms with Crippen molar-refractivity contribution in [3.8, 4) is 89.8 Å². The van der Waals surface area contributed by atoms with E-state index >= 15 is 0 Å². The molecule has 9 rings (SSSR count). The van der Waals surface area contributed by atoms with Crippen molar-refractivity contribution in [2.24, 2.45) is 0 Å². The highest BCUT2D eigenvalue weighted by molar-refractivity contribution is 5.97. The second-order valence-corrected chi connectivity index (χ2v) is 13.9. The molecule has 0 radical (unpaired) electrons. The number of hydrogen-bond acceptors (Lipinski definition) is 4. The molecule has 4 nitrogen and oxygen atoms in total. The number of rotatable bonds is 8. The molecule has 266 valence electrons. The van der Waals surface area contributed by atoms with Gasteiger partial charge in [0.05, 0.1) is 0 Å². The van der Waals surface area contributed by atoms with Crippen LogP contribution in [0.1, 0.15) is 11.4 Å². The highest BCUT2D eigenvalue weighted by atomic mass is 15.0. The van der Waals surface area contributed by atoms with E-state index in [-0.39, 0.29) is 0 Å².